The summed E-state index contributed by atoms with van der Waals surface area (Å²) in [4.78, 5) is 2.30. The quantitative estimate of drug-likeness (QED) is 0.846. The van der Waals surface area contributed by atoms with Gasteiger partial charge in [0, 0.05) is 19.1 Å². The Bertz CT molecular complexity index is 361. The molecule has 2 nitrogen and oxygen atoms in total. The largest absolute Gasteiger partial charge is 0.326 e. The zero-order valence-corrected chi connectivity index (χ0v) is 9.75. The third-order valence-corrected chi connectivity index (χ3v) is 3.38. The van der Waals surface area contributed by atoms with Gasteiger partial charge in [0.05, 0.1) is 0 Å². The number of nitrogens with two attached hydrogens (primary N) is 1. The van der Waals surface area contributed by atoms with Crippen LogP contribution in [0.25, 0.3) is 0 Å². The number of halogens is 1. The van der Waals surface area contributed by atoms with Crippen LogP contribution in [-0.4, -0.2) is 18.0 Å². The second kappa shape index (κ2) is 4.93. The molecule has 0 aromatic heterocycles. The molecule has 1 aromatic carbocycles. The zero-order chi connectivity index (χ0) is 11.5. The molecule has 0 amide bonds. The smallest absolute Gasteiger partial charge is 0.123 e. The second-order valence-corrected chi connectivity index (χ2v) is 4.67. The Kier molecular flexibility index (Phi) is 3.56. The lowest BCUT2D eigenvalue weighted by molar-refractivity contribution is 0.152. The summed E-state index contributed by atoms with van der Waals surface area (Å²) in [6, 6.07) is 5.80. The lowest BCUT2D eigenvalue weighted by atomic mass is 9.91. The molecule has 1 fully saturated rings. The van der Waals surface area contributed by atoms with Crippen molar-refractivity contribution in [3.8, 4) is 0 Å². The lowest BCUT2D eigenvalue weighted by Gasteiger charge is -2.34. The molecular formula is C13H19FN2. The summed E-state index contributed by atoms with van der Waals surface area (Å²) in [6.07, 6.45) is 3.87. The van der Waals surface area contributed by atoms with Crippen molar-refractivity contribution in [3.63, 3.8) is 0 Å². The standard InChI is InChI=1S/C13H19FN2/c1-16(13-3-2-4-13)9-11-5-10(8-15)6-12(14)7-11/h5-7,13H,2-4,8-9,15H2,1H3. The van der Waals surface area contributed by atoms with Crippen molar-refractivity contribution < 1.29 is 4.39 Å². The van der Waals surface area contributed by atoms with Crippen LogP contribution in [0.3, 0.4) is 0 Å². The maximum absolute atomic E-state index is 13.3. The first kappa shape index (κ1) is 11.6. The summed E-state index contributed by atoms with van der Waals surface area (Å²) in [5, 5.41) is 0. The van der Waals surface area contributed by atoms with Crippen LogP contribution in [0.2, 0.25) is 0 Å². The minimum Gasteiger partial charge on any atom is -0.326 e. The molecule has 0 unspecified atom stereocenters. The van der Waals surface area contributed by atoms with E-state index in [4.69, 9.17) is 5.73 Å². The SMILES string of the molecule is CN(Cc1cc(F)cc(CN)c1)C1CCC1. The van der Waals surface area contributed by atoms with Crippen LogP contribution in [-0.2, 0) is 13.1 Å². The molecule has 0 saturated heterocycles. The third-order valence-electron chi connectivity index (χ3n) is 3.38. The van der Waals surface area contributed by atoms with E-state index in [1.807, 2.05) is 6.07 Å². The monoisotopic (exact) mass is 222 g/mol. The third kappa shape index (κ3) is 2.60. The fourth-order valence-electron chi connectivity index (χ4n) is 2.17. The minimum absolute atomic E-state index is 0.181. The summed E-state index contributed by atoms with van der Waals surface area (Å²) >= 11 is 0. The molecule has 16 heavy (non-hydrogen) atoms. The van der Waals surface area contributed by atoms with Crippen molar-refractivity contribution in [2.75, 3.05) is 7.05 Å². The van der Waals surface area contributed by atoms with Crippen molar-refractivity contribution in [1.82, 2.24) is 4.90 Å². The Balaban J connectivity index is 2.04. The number of hydrogen-bond donors (Lipinski definition) is 1. The van der Waals surface area contributed by atoms with Gasteiger partial charge >= 0.3 is 0 Å². The number of hydrogen-bond acceptors (Lipinski definition) is 2. The van der Waals surface area contributed by atoms with Crippen LogP contribution in [0.1, 0.15) is 30.4 Å². The van der Waals surface area contributed by atoms with E-state index in [9.17, 15) is 4.39 Å². The molecule has 1 aliphatic rings. The molecule has 1 aromatic rings. The normalized spacial score (nSPS) is 16.5. The molecule has 3 heteroatoms. The van der Waals surface area contributed by atoms with Gasteiger partial charge in [-0.1, -0.05) is 12.5 Å². The van der Waals surface area contributed by atoms with Crippen molar-refractivity contribution in [2.24, 2.45) is 5.73 Å². The first-order valence-electron chi connectivity index (χ1n) is 5.87. The van der Waals surface area contributed by atoms with Crippen molar-refractivity contribution in [3.05, 3.63) is 35.1 Å². The van der Waals surface area contributed by atoms with E-state index >= 15 is 0 Å². The molecule has 0 heterocycles. The van der Waals surface area contributed by atoms with Crippen LogP contribution in [0.5, 0.6) is 0 Å². The molecule has 1 aliphatic carbocycles. The van der Waals surface area contributed by atoms with Crippen LogP contribution in [0, 0.1) is 5.82 Å². The van der Waals surface area contributed by atoms with Crippen molar-refractivity contribution in [1.29, 1.82) is 0 Å². The highest BCUT2D eigenvalue weighted by molar-refractivity contribution is 5.24. The summed E-state index contributed by atoms with van der Waals surface area (Å²) in [5.74, 6) is -0.181. The van der Waals surface area contributed by atoms with E-state index in [1.54, 1.807) is 6.07 Å². The van der Waals surface area contributed by atoms with Crippen molar-refractivity contribution >= 4 is 0 Å². The van der Waals surface area contributed by atoms with E-state index in [0.717, 1.165) is 17.7 Å². The molecule has 0 bridgehead atoms. The van der Waals surface area contributed by atoms with E-state index in [0.29, 0.717) is 12.6 Å². The van der Waals surface area contributed by atoms with Gasteiger partial charge in [-0.3, -0.25) is 4.90 Å². The van der Waals surface area contributed by atoms with Gasteiger partial charge in [-0.2, -0.15) is 0 Å². The number of benzene rings is 1. The maximum Gasteiger partial charge on any atom is 0.123 e. The molecule has 0 aliphatic heterocycles. The van der Waals surface area contributed by atoms with E-state index in [2.05, 4.69) is 11.9 Å². The molecule has 0 spiro atoms. The van der Waals surface area contributed by atoms with Crippen LogP contribution >= 0.6 is 0 Å². The van der Waals surface area contributed by atoms with Gasteiger partial charge in [0.15, 0.2) is 0 Å². The molecule has 88 valence electrons. The van der Waals surface area contributed by atoms with Crippen LogP contribution in [0.15, 0.2) is 18.2 Å². The van der Waals surface area contributed by atoms with Crippen LogP contribution in [0.4, 0.5) is 4.39 Å². The Labute approximate surface area is 96.2 Å². The summed E-state index contributed by atoms with van der Waals surface area (Å²) in [7, 11) is 2.11. The predicted molar refractivity (Wildman–Crippen MR) is 63.4 cm³/mol. The fraction of sp³-hybridized carbons (Fsp3) is 0.538. The molecule has 0 radical (unpaired) electrons. The number of rotatable bonds is 4. The van der Waals surface area contributed by atoms with E-state index in [-0.39, 0.29) is 5.82 Å². The highest BCUT2D eigenvalue weighted by atomic mass is 19.1. The van der Waals surface area contributed by atoms with E-state index < -0.39 is 0 Å². The van der Waals surface area contributed by atoms with Gasteiger partial charge < -0.3 is 5.73 Å². The topological polar surface area (TPSA) is 29.3 Å². The maximum atomic E-state index is 13.3. The Morgan fingerprint density at radius 1 is 1.31 bits per heavy atom. The van der Waals surface area contributed by atoms with Gasteiger partial charge in [0.2, 0.25) is 0 Å². The van der Waals surface area contributed by atoms with Gasteiger partial charge in [-0.15, -0.1) is 0 Å². The molecular weight excluding hydrogens is 203 g/mol. The average Bonchev–Trinajstić information content (AvgIpc) is 2.13. The Hall–Kier alpha value is -0.930. The Morgan fingerprint density at radius 2 is 2.00 bits per heavy atom. The highest BCUT2D eigenvalue weighted by Gasteiger charge is 2.21. The second-order valence-electron chi connectivity index (χ2n) is 4.67. The van der Waals surface area contributed by atoms with E-state index in [1.165, 1.54) is 25.3 Å². The van der Waals surface area contributed by atoms with Gasteiger partial charge in [0.25, 0.3) is 0 Å². The van der Waals surface area contributed by atoms with Crippen LogP contribution < -0.4 is 5.73 Å². The Morgan fingerprint density at radius 3 is 2.56 bits per heavy atom. The first-order valence-corrected chi connectivity index (χ1v) is 5.87. The predicted octanol–water partition coefficient (Wildman–Crippen LogP) is 2.27. The summed E-state index contributed by atoms with van der Waals surface area (Å²) in [6.45, 7) is 1.22. The molecule has 2 N–H and O–H groups in total. The zero-order valence-electron chi connectivity index (χ0n) is 9.75. The molecule has 1 saturated carbocycles. The molecule has 0 atom stereocenters. The fourth-order valence-corrected chi connectivity index (χ4v) is 2.17. The van der Waals surface area contributed by atoms with Gasteiger partial charge in [0.1, 0.15) is 5.82 Å². The highest BCUT2D eigenvalue weighted by Crippen LogP contribution is 2.25. The average molecular weight is 222 g/mol. The van der Waals surface area contributed by atoms with Crippen molar-refractivity contribution in [2.45, 2.75) is 38.4 Å². The number of nitrogens with zero attached hydrogens (tertiary/aromatic N) is 1. The van der Waals surface area contributed by atoms with Gasteiger partial charge in [-0.25, -0.2) is 4.39 Å². The molecule has 2 rings (SSSR count). The minimum atomic E-state index is -0.181. The first-order chi connectivity index (χ1) is 7.69. The summed E-state index contributed by atoms with van der Waals surface area (Å²) in [5.41, 5.74) is 7.43. The lowest BCUT2D eigenvalue weighted by Crippen LogP contribution is -2.36. The van der Waals surface area contributed by atoms with Gasteiger partial charge in [-0.05, 0) is 43.1 Å². The summed E-state index contributed by atoms with van der Waals surface area (Å²) < 4.78 is 13.3.